The highest BCUT2D eigenvalue weighted by Crippen LogP contribution is 2.37. The lowest BCUT2D eigenvalue weighted by Gasteiger charge is -2.29. The fourth-order valence-corrected chi connectivity index (χ4v) is 2.01. The number of phenolic OH excluding ortho intramolecular Hbond substituents is 1. The summed E-state index contributed by atoms with van der Waals surface area (Å²) in [6.45, 7) is 2.44. The van der Waals surface area contributed by atoms with Gasteiger partial charge in [-0.1, -0.05) is 0 Å². The van der Waals surface area contributed by atoms with Gasteiger partial charge in [-0.3, -0.25) is 10.1 Å². The first-order valence-electron chi connectivity index (χ1n) is 5.71. The molecule has 1 saturated heterocycles. The fourth-order valence-electron chi connectivity index (χ4n) is 2.01. The molecule has 19 heavy (non-hydrogen) atoms. The summed E-state index contributed by atoms with van der Waals surface area (Å²) in [5.41, 5.74) is -0.612. The normalized spacial score (nSPS) is 15.3. The maximum atomic E-state index is 11.0. The molecule has 8 nitrogen and oxygen atoms in total. The van der Waals surface area contributed by atoms with Crippen molar-refractivity contribution in [1.29, 1.82) is 0 Å². The summed E-state index contributed by atoms with van der Waals surface area (Å²) in [6.07, 6.45) is 0. The Morgan fingerprint density at radius 3 is 2.53 bits per heavy atom. The lowest BCUT2D eigenvalue weighted by Crippen LogP contribution is -2.43. The third kappa shape index (κ3) is 2.58. The van der Waals surface area contributed by atoms with Crippen LogP contribution in [0.3, 0.4) is 0 Å². The first-order valence-corrected chi connectivity index (χ1v) is 5.71. The molecular formula is C11H13N3O5. The summed E-state index contributed by atoms with van der Waals surface area (Å²) in [7, 11) is 0. The van der Waals surface area contributed by atoms with E-state index in [1.807, 2.05) is 0 Å². The molecule has 0 aliphatic carbocycles. The summed E-state index contributed by atoms with van der Waals surface area (Å²) in [4.78, 5) is 22.8. The molecule has 0 bridgehead atoms. The molecule has 0 spiro atoms. The second-order valence-corrected chi connectivity index (χ2v) is 4.16. The van der Waals surface area contributed by atoms with Crippen molar-refractivity contribution in [3.63, 3.8) is 0 Å². The van der Waals surface area contributed by atoms with Crippen LogP contribution >= 0.6 is 0 Å². The van der Waals surface area contributed by atoms with Gasteiger partial charge in [0, 0.05) is 32.2 Å². The summed E-state index contributed by atoms with van der Waals surface area (Å²) >= 11 is 0. The number of anilines is 1. The predicted molar refractivity (Wildman–Crippen MR) is 66.8 cm³/mol. The highest BCUT2D eigenvalue weighted by Gasteiger charge is 2.25. The molecule has 0 amide bonds. The topological polar surface area (TPSA) is 116 Å². The SMILES string of the molecule is O=C(O)c1cc(N2CCNCC2)c(O)c([N+](=O)[O-])c1. The Kier molecular flexibility index (Phi) is 3.52. The number of carboxylic acid groups (broad SMARTS) is 1. The molecule has 0 radical (unpaired) electrons. The van der Waals surface area contributed by atoms with E-state index in [-0.39, 0.29) is 11.3 Å². The number of phenols is 1. The number of nitrogens with one attached hydrogen (secondary N) is 1. The quantitative estimate of drug-likeness (QED) is 0.536. The number of nitrogens with zero attached hydrogens (tertiary/aromatic N) is 2. The van der Waals surface area contributed by atoms with Gasteiger partial charge in [-0.05, 0) is 6.07 Å². The Hall–Kier alpha value is -2.35. The van der Waals surface area contributed by atoms with Gasteiger partial charge in [-0.2, -0.15) is 0 Å². The van der Waals surface area contributed by atoms with Gasteiger partial charge < -0.3 is 20.4 Å². The minimum Gasteiger partial charge on any atom is -0.501 e. The first kappa shape index (κ1) is 13.1. The molecule has 0 unspecified atom stereocenters. The fraction of sp³-hybridized carbons (Fsp3) is 0.364. The van der Waals surface area contributed by atoms with Gasteiger partial charge in [0.05, 0.1) is 16.2 Å². The number of benzene rings is 1. The van der Waals surface area contributed by atoms with Crippen LogP contribution in [0.2, 0.25) is 0 Å². The average molecular weight is 267 g/mol. The van der Waals surface area contributed by atoms with Gasteiger partial charge in [0.1, 0.15) is 0 Å². The van der Waals surface area contributed by atoms with Crippen LogP contribution in [-0.4, -0.2) is 47.3 Å². The van der Waals surface area contributed by atoms with E-state index in [2.05, 4.69) is 5.32 Å². The molecule has 0 aromatic heterocycles. The van der Waals surface area contributed by atoms with Crippen molar-refractivity contribution in [2.75, 3.05) is 31.1 Å². The number of hydrogen-bond donors (Lipinski definition) is 3. The monoisotopic (exact) mass is 267 g/mol. The first-order chi connectivity index (χ1) is 9.00. The molecule has 2 rings (SSSR count). The highest BCUT2D eigenvalue weighted by atomic mass is 16.6. The minimum atomic E-state index is -1.26. The predicted octanol–water partition coefficient (Wildman–Crippen LogP) is 0.408. The number of nitro benzene ring substituents is 1. The average Bonchev–Trinajstić information content (AvgIpc) is 2.39. The summed E-state index contributed by atoms with van der Waals surface area (Å²) in [5.74, 6) is -1.75. The Morgan fingerprint density at radius 2 is 2.00 bits per heavy atom. The van der Waals surface area contributed by atoms with Crippen molar-refractivity contribution in [2.45, 2.75) is 0 Å². The number of carbonyl (C=O) groups is 1. The number of aromatic hydroxyl groups is 1. The lowest BCUT2D eigenvalue weighted by atomic mass is 10.1. The van der Waals surface area contributed by atoms with Gasteiger partial charge >= 0.3 is 11.7 Å². The maximum absolute atomic E-state index is 11.0. The highest BCUT2D eigenvalue weighted by molar-refractivity contribution is 5.91. The second-order valence-electron chi connectivity index (χ2n) is 4.16. The molecule has 3 N–H and O–H groups in total. The standard InChI is InChI=1S/C11H13N3O5/c15-10-8(13-3-1-12-2-4-13)5-7(11(16)17)6-9(10)14(18)19/h5-6,12,15H,1-4H2,(H,16,17). The van der Waals surface area contributed by atoms with Crippen molar-refractivity contribution >= 4 is 17.3 Å². The molecule has 1 aliphatic heterocycles. The van der Waals surface area contributed by atoms with Gasteiger partial charge in [-0.15, -0.1) is 0 Å². The molecule has 1 fully saturated rings. The Labute approximate surface area is 108 Å². The summed E-state index contributed by atoms with van der Waals surface area (Å²) in [5, 5.41) is 32.8. The molecule has 102 valence electrons. The van der Waals surface area contributed by atoms with Crippen molar-refractivity contribution in [3.8, 4) is 5.75 Å². The zero-order chi connectivity index (χ0) is 14.0. The maximum Gasteiger partial charge on any atom is 0.336 e. The van der Waals surface area contributed by atoms with Crippen LogP contribution < -0.4 is 10.2 Å². The van der Waals surface area contributed by atoms with E-state index in [1.165, 1.54) is 6.07 Å². The number of hydrogen-bond acceptors (Lipinski definition) is 6. The second kappa shape index (κ2) is 5.11. The van der Waals surface area contributed by atoms with Crippen molar-refractivity contribution in [2.24, 2.45) is 0 Å². The van der Waals surface area contributed by atoms with E-state index in [9.17, 15) is 20.0 Å². The van der Waals surface area contributed by atoms with Crippen LogP contribution in [0.15, 0.2) is 12.1 Å². The molecule has 1 aromatic carbocycles. The Morgan fingerprint density at radius 1 is 1.37 bits per heavy atom. The van der Waals surface area contributed by atoms with Gasteiger partial charge in [0.15, 0.2) is 0 Å². The van der Waals surface area contributed by atoms with Gasteiger partial charge in [0.25, 0.3) is 0 Å². The smallest absolute Gasteiger partial charge is 0.336 e. The molecular weight excluding hydrogens is 254 g/mol. The summed E-state index contributed by atoms with van der Waals surface area (Å²) in [6, 6.07) is 2.12. The third-order valence-electron chi connectivity index (χ3n) is 2.97. The van der Waals surface area contributed by atoms with Crippen LogP contribution in [0, 0.1) is 10.1 Å². The zero-order valence-corrected chi connectivity index (χ0v) is 10.00. The van der Waals surface area contributed by atoms with E-state index >= 15 is 0 Å². The van der Waals surface area contributed by atoms with Gasteiger partial charge in [-0.25, -0.2) is 4.79 Å². The molecule has 1 heterocycles. The van der Waals surface area contributed by atoms with Crippen LogP contribution in [0.1, 0.15) is 10.4 Å². The number of rotatable bonds is 3. The Bertz CT molecular complexity index is 525. The van der Waals surface area contributed by atoms with Crippen molar-refractivity contribution < 1.29 is 19.9 Å². The van der Waals surface area contributed by atoms with E-state index in [0.717, 1.165) is 6.07 Å². The van der Waals surface area contributed by atoms with E-state index < -0.39 is 22.3 Å². The van der Waals surface area contributed by atoms with Crippen LogP contribution in [0.5, 0.6) is 5.75 Å². The Balaban J connectivity index is 2.51. The largest absolute Gasteiger partial charge is 0.501 e. The van der Waals surface area contributed by atoms with Crippen LogP contribution in [-0.2, 0) is 0 Å². The molecule has 8 heteroatoms. The molecule has 1 aliphatic rings. The van der Waals surface area contributed by atoms with Gasteiger partial charge in [0.2, 0.25) is 5.75 Å². The molecule has 1 aromatic rings. The number of aromatic carboxylic acids is 1. The molecule has 0 saturated carbocycles. The van der Waals surface area contributed by atoms with E-state index in [1.54, 1.807) is 4.90 Å². The van der Waals surface area contributed by atoms with Crippen LogP contribution in [0.25, 0.3) is 0 Å². The minimum absolute atomic E-state index is 0.188. The molecule has 0 atom stereocenters. The lowest BCUT2D eigenvalue weighted by molar-refractivity contribution is -0.385. The zero-order valence-electron chi connectivity index (χ0n) is 10.00. The van der Waals surface area contributed by atoms with Crippen molar-refractivity contribution in [1.82, 2.24) is 5.32 Å². The van der Waals surface area contributed by atoms with E-state index in [4.69, 9.17) is 5.11 Å². The van der Waals surface area contributed by atoms with E-state index in [0.29, 0.717) is 26.2 Å². The number of piperazine rings is 1. The number of carboxylic acids is 1. The summed E-state index contributed by atoms with van der Waals surface area (Å²) < 4.78 is 0. The third-order valence-corrected chi connectivity index (χ3v) is 2.97. The number of nitro groups is 1. The van der Waals surface area contributed by atoms with Crippen LogP contribution in [0.4, 0.5) is 11.4 Å². The van der Waals surface area contributed by atoms with Crippen molar-refractivity contribution in [3.05, 3.63) is 27.8 Å².